The first-order valence-electron chi connectivity index (χ1n) is 6.74. The van der Waals surface area contributed by atoms with Gasteiger partial charge in [-0.15, -0.1) is 12.4 Å². The van der Waals surface area contributed by atoms with E-state index in [4.69, 9.17) is 16.3 Å². The summed E-state index contributed by atoms with van der Waals surface area (Å²) in [6, 6.07) is 7.44. The summed E-state index contributed by atoms with van der Waals surface area (Å²) in [6.45, 7) is 2.88. The zero-order valence-electron chi connectivity index (χ0n) is 12.8. The molecule has 22 heavy (non-hydrogen) atoms. The highest BCUT2D eigenvalue weighted by Crippen LogP contribution is 2.24. The number of ether oxygens (including phenoxy) is 1. The van der Waals surface area contributed by atoms with Gasteiger partial charge < -0.3 is 15.2 Å². The fourth-order valence-electron chi connectivity index (χ4n) is 2.26. The highest BCUT2D eigenvalue weighted by Gasteiger charge is 2.14. The molecular formula is C15H21Cl2N3O2. The Kier molecular flexibility index (Phi) is 7.16. The molecule has 2 N–H and O–H groups in total. The van der Waals surface area contributed by atoms with Gasteiger partial charge in [0, 0.05) is 31.3 Å². The van der Waals surface area contributed by atoms with E-state index in [1.54, 1.807) is 11.8 Å². The van der Waals surface area contributed by atoms with E-state index in [-0.39, 0.29) is 12.4 Å². The van der Waals surface area contributed by atoms with E-state index in [0.29, 0.717) is 24.0 Å². The Balaban J connectivity index is 0.00000242. The van der Waals surface area contributed by atoms with Gasteiger partial charge in [-0.25, -0.2) is 0 Å². The number of aliphatic hydroxyl groups is 1. The number of aliphatic hydroxyl groups excluding tert-OH is 1. The van der Waals surface area contributed by atoms with Crippen LogP contribution in [0.5, 0.6) is 5.75 Å². The van der Waals surface area contributed by atoms with Gasteiger partial charge in [0.05, 0.1) is 18.9 Å². The third-order valence-electron chi connectivity index (χ3n) is 3.41. The molecule has 0 aliphatic heterocycles. The molecule has 122 valence electrons. The fourth-order valence-corrected chi connectivity index (χ4v) is 2.50. The van der Waals surface area contributed by atoms with Gasteiger partial charge in [-0.2, -0.15) is 5.10 Å². The van der Waals surface area contributed by atoms with Crippen LogP contribution < -0.4 is 10.1 Å². The first-order chi connectivity index (χ1) is 10.0. The standard InChI is InChI=1S/C15H20ClN3O2.ClH/c1-10-12(15(16)19(2)18-10)8-17-9-13(20)11-6-4-5-7-14(11)21-3;/h4-7,13,17,20H,8-9H2,1-3H3;1H. The summed E-state index contributed by atoms with van der Waals surface area (Å²) in [7, 11) is 3.40. The summed E-state index contributed by atoms with van der Waals surface area (Å²) in [5.41, 5.74) is 2.61. The van der Waals surface area contributed by atoms with Gasteiger partial charge in [0.25, 0.3) is 0 Å². The lowest BCUT2D eigenvalue weighted by Crippen LogP contribution is -2.21. The Morgan fingerprint density at radius 2 is 2.09 bits per heavy atom. The molecule has 0 bridgehead atoms. The molecule has 1 atom stereocenters. The predicted molar refractivity (Wildman–Crippen MR) is 89.9 cm³/mol. The summed E-state index contributed by atoms with van der Waals surface area (Å²) in [6.07, 6.45) is -0.642. The molecule has 7 heteroatoms. The zero-order valence-corrected chi connectivity index (χ0v) is 14.4. The Bertz CT molecular complexity index is 617. The topological polar surface area (TPSA) is 59.3 Å². The Labute approximate surface area is 141 Å². The van der Waals surface area contributed by atoms with E-state index in [0.717, 1.165) is 16.8 Å². The van der Waals surface area contributed by atoms with Crippen LogP contribution in [-0.4, -0.2) is 28.5 Å². The largest absolute Gasteiger partial charge is 0.496 e. The average Bonchev–Trinajstić information content (AvgIpc) is 2.73. The Morgan fingerprint density at radius 3 is 2.68 bits per heavy atom. The number of hydrogen-bond acceptors (Lipinski definition) is 4. The molecule has 2 aromatic rings. The molecule has 5 nitrogen and oxygen atoms in total. The van der Waals surface area contributed by atoms with E-state index in [1.807, 2.05) is 38.2 Å². The second-order valence-electron chi connectivity index (χ2n) is 4.87. The molecule has 0 saturated carbocycles. The van der Waals surface area contributed by atoms with E-state index < -0.39 is 6.10 Å². The summed E-state index contributed by atoms with van der Waals surface area (Å²) >= 11 is 6.17. The number of methoxy groups -OCH3 is 1. The maximum Gasteiger partial charge on any atom is 0.131 e. The van der Waals surface area contributed by atoms with Crippen LogP contribution in [0.1, 0.15) is 22.9 Å². The van der Waals surface area contributed by atoms with Crippen molar-refractivity contribution in [2.24, 2.45) is 7.05 Å². The van der Waals surface area contributed by atoms with Crippen LogP contribution >= 0.6 is 24.0 Å². The lowest BCUT2D eigenvalue weighted by atomic mass is 10.1. The number of nitrogens with zero attached hydrogens (tertiary/aromatic N) is 2. The van der Waals surface area contributed by atoms with Gasteiger partial charge >= 0.3 is 0 Å². The normalized spacial score (nSPS) is 11.9. The van der Waals surface area contributed by atoms with Gasteiger partial charge in [-0.3, -0.25) is 4.68 Å². The monoisotopic (exact) mass is 345 g/mol. The Morgan fingerprint density at radius 1 is 1.41 bits per heavy atom. The molecule has 1 aromatic carbocycles. The number of para-hydroxylation sites is 1. The molecule has 0 saturated heterocycles. The lowest BCUT2D eigenvalue weighted by Gasteiger charge is -2.15. The molecular weight excluding hydrogens is 325 g/mol. The van der Waals surface area contributed by atoms with Gasteiger partial charge in [0.15, 0.2) is 0 Å². The minimum Gasteiger partial charge on any atom is -0.496 e. The van der Waals surface area contributed by atoms with Crippen molar-refractivity contribution in [2.75, 3.05) is 13.7 Å². The van der Waals surface area contributed by atoms with Gasteiger partial charge in [-0.05, 0) is 13.0 Å². The third kappa shape index (κ3) is 4.14. The van der Waals surface area contributed by atoms with E-state index in [1.165, 1.54) is 0 Å². The SMILES string of the molecule is COc1ccccc1C(O)CNCc1c(C)nn(C)c1Cl.Cl. The minimum atomic E-state index is -0.642. The molecule has 1 heterocycles. The van der Waals surface area contributed by atoms with Crippen LogP contribution in [0.3, 0.4) is 0 Å². The van der Waals surface area contributed by atoms with Crippen molar-refractivity contribution in [3.63, 3.8) is 0 Å². The van der Waals surface area contributed by atoms with Crippen LogP contribution in [0, 0.1) is 6.92 Å². The maximum atomic E-state index is 10.3. The van der Waals surface area contributed by atoms with E-state index in [2.05, 4.69) is 10.4 Å². The van der Waals surface area contributed by atoms with Gasteiger partial charge in [0.2, 0.25) is 0 Å². The van der Waals surface area contributed by atoms with E-state index in [9.17, 15) is 5.11 Å². The number of benzene rings is 1. The molecule has 0 amide bonds. The number of aryl methyl sites for hydroxylation is 2. The number of halogens is 2. The highest BCUT2D eigenvalue weighted by atomic mass is 35.5. The average molecular weight is 346 g/mol. The number of hydrogen-bond donors (Lipinski definition) is 2. The highest BCUT2D eigenvalue weighted by molar-refractivity contribution is 6.30. The quantitative estimate of drug-likeness (QED) is 0.844. The first-order valence-corrected chi connectivity index (χ1v) is 7.12. The molecule has 0 aliphatic rings. The molecule has 1 unspecified atom stereocenters. The number of rotatable bonds is 6. The molecule has 0 aliphatic carbocycles. The van der Waals surface area contributed by atoms with Gasteiger partial charge in [-0.1, -0.05) is 29.8 Å². The summed E-state index contributed by atoms with van der Waals surface area (Å²) in [5, 5.41) is 18.3. The molecule has 0 radical (unpaired) electrons. The molecule has 2 rings (SSSR count). The molecule has 1 aromatic heterocycles. The van der Waals surface area contributed by atoms with Gasteiger partial charge in [0.1, 0.15) is 10.9 Å². The molecule has 0 spiro atoms. The zero-order chi connectivity index (χ0) is 15.4. The summed E-state index contributed by atoms with van der Waals surface area (Å²) in [4.78, 5) is 0. The predicted octanol–water partition coefficient (Wildman–Crippen LogP) is 2.64. The second-order valence-corrected chi connectivity index (χ2v) is 5.23. The van der Waals surface area contributed by atoms with E-state index >= 15 is 0 Å². The van der Waals surface area contributed by atoms with Crippen LogP contribution in [0.25, 0.3) is 0 Å². The van der Waals surface area contributed by atoms with Crippen molar-refractivity contribution in [2.45, 2.75) is 19.6 Å². The smallest absolute Gasteiger partial charge is 0.131 e. The van der Waals surface area contributed by atoms with Crippen LogP contribution in [0.2, 0.25) is 5.15 Å². The third-order valence-corrected chi connectivity index (χ3v) is 3.88. The van der Waals surface area contributed by atoms with Crippen molar-refractivity contribution >= 4 is 24.0 Å². The maximum absolute atomic E-state index is 10.3. The number of nitrogens with one attached hydrogen (secondary N) is 1. The van der Waals surface area contributed by atoms with Crippen molar-refractivity contribution in [3.05, 3.63) is 46.2 Å². The van der Waals surface area contributed by atoms with Crippen molar-refractivity contribution in [3.8, 4) is 5.75 Å². The van der Waals surface area contributed by atoms with Crippen LogP contribution in [0.4, 0.5) is 0 Å². The Hall–Kier alpha value is -1.27. The first kappa shape index (κ1) is 18.8. The summed E-state index contributed by atoms with van der Waals surface area (Å²) in [5.74, 6) is 0.683. The molecule has 0 fully saturated rings. The van der Waals surface area contributed by atoms with Crippen LogP contribution in [-0.2, 0) is 13.6 Å². The fraction of sp³-hybridized carbons (Fsp3) is 0.400. The van der Waals surface area contributed by atoms with Crippen LogP contribution in [0.15, 0.2) is 24.3 Å². The minimum absolute atomic E-state index is 0. The van der Waals surface area contributed by atoms with Crippen molar-refractivity contribution < 1.29 is 9.84 Å². The van der Waals surface area contributed by atoms with Crippen molar-refractivity contribution in [1.82, 2.24) is 15.1 Å². The summed E-state index contributed by atoms with van der Waals surface area (Å²) < 4.78 is 6.89. The number of aromatic nitrogens is 2. The second kappa shape index (κ2) is 8.39. The lowest BCUT2D eigenvalue weighted by molar-refractivity contribution is 0.170. The van der Waals surface area contributed by atoms with Crippen molar-refractivity contribution in [1.29, 1.82) is 0 Å².